The van der Waals surface area contributed by atoms with E-state index in [0.717, 1.165) is 0 Å². The van der Waals surface area contributed by atoms with Crippen molar-refractivity contribution in [2.24, 2.45) is 0 Å². The molecular weight excluding hydrogens is 192 g/mol. The summed E-state index contributed by atoms with van der Waals surface area (Å²) in [6, 6.07) is 0. The van der Waals surface area contributed by atoms with Crippen LogP contribution in [0.15, 0.2) is 0 Å². The first-order valence-corrected chi connectivity index (χ1v) is 3.78. The predicted octanol–water partition coefficient (Wildman–Crippen LogP) is 1.67. The molecule has 80 valence electrons. The van der Waals surface area contributed by atoms with E-state index in [1.165, 1.54) is 6.92 Å². The smallest absolute Gasteiger partial charge is 0.330 e. The van der Waals surface area contributed by atoms with Gasteiger partial charge in [0.05, 0.1) is 6.10 Å². The van der Waals surface area contributed by atoms with Gasteiger partial charge in [0.25, 0.3) is 0 Å². The van der Waals surface area contributed by atoms with Crippen molar-refractivity contribution in [3.63, 3.8) is 0 Å². The molecule has 2 nitrogen and oxygen atoms in total. The maximum absolute atomic E-state index is 12.1. The molecule has 0 fully saturated rings. The summed E-state index contributed by atoms with van der Waals surface area (Å²) in [6.45, 7) is -0.00796. The largest absolute Gasteiger partial charge is 0.393 e. The molecule has 0 radical (unpaired) electrons. The van der Waals surface area contributed by atoms with Crippen molar-refractivity contribution < 1.29 is 27.4 Å². The molecule has 13 heavy (non-hydrogen) atoms. The van der Waals surface area contributed by atoms with E-state index >= 15 is 0 Å². The Kier molecular flexibility index (Phi) is 5.24. The van der Waals surface area contributed by atoms with Crippen molar-refractivity contribution in [3.05, 3.63) is 0 Å². The fourth-order valence-corrected chi connectivity index (χ4v) is 0.525. The standard InChI is InChI=1S/C7H12F4O2/c1-5(12)2-3-13-4-7(10,11)6(8)9/h5-6,12H,2-4H2,1H3. The van der Waals surface area contributed by atoms with Gasteiger partial charge in [-0.3, -0.25) is 0 Å². The molecule has 0 aliphatic rings. The number of hydrogen-bond acceptors (Lipinski definition) is 2. The van der Waals surface area contributed by atoms with Crippen LogP contribution < -0.4 is 0 Å². The molecule has 0 spiro atoms. The van der Waals surface area contributed by atoms with E-state index in [4.69, 9.17) is 5.11 Å². The third kappa shape index (κ3) is 5.81. The van der Waals surface area contributed by atoms with Crippen LogP contribution in [0.4, 0.5) is 17.6 Å². The van der Waals surface area contributed by atoms with Gasteiger partial charge in [0.1, 0.15) is 6.61 Å². The van der Waals surface area contributed by atoms with E-state index < -0.39 is 25.1 Å². The lowest BCUT2D eigenvalue weighted by Gasteiger charge is -2.15. The average Bonchev–Trinajstić information content (AvgIpc) is 1.97. The van der Waals surface area contributed by atoms with Gasteiger partial charge in [-0.1, -0.05) is 0 Å². The zero-order chi connectivity index (χ0) is 10.5. The van der Waals surface area contributed by atoms with E-state index in [2.05, 4.69) is 4.74 Å². The molecule has 0 aromatic heterocycles. The summed E-state index contributed by atoms with van der Waals surface area (Å²) in [5, 5.41) is 8.68. The van der Waals surface area contributed by atoms with Crippen LogP contribution >= 0.6 is 0 Å². The Morgan fingerprint density at radius 2 is 1.92 bits per heavy atom. The Hall–Kier alpha value is -0.360. The zero-order valence-corrected chi connectivity index (χ0v) is 7.14. The second-order valence-corrected chi connectivity index (χ2v) is 2.75. The summed E-state index contributed by atoms with van der Waals surface area (Å²) in [5.74, 6) is -4.10. The van der Waals surface area contributed by atoms with E-state index in [1.807, 2.05) is 0 Å². The molecule has 1 unspecified atom stereocenters. The lowest BCUT2D eigenvalue weighted by atomic mass is 10.3. The van der Waals surface area contributed by atoms with Gasteiger partial charge >= 0.3 is 12.3 Å². The molecule has 0 bridgehead atoms. The Labute approximate surface area is 73.5 Å². The van der Waals surface area contributed by atoms with Crippen LogP contribution in [0.1, 0.15) is 13.3 Å². The van der Waals surface area contributed by atoms with Crippen LogP contribution in [0.3, 0.4) is 0 Å². The van der Waals surface area contributed by atoms with Crippen molar-refractivity contribution in [2.75, 3.05) is 13.2 Å². The first-order chi connectivity index (χ1) is 5.86. The molecule has 0 rings (SSSR count). The summed E-state index contributed by atoms with van der Waals surface area (Å²) in [6.07, 6.45) is -4.24. The van der Waals surface area contributed by atoms with Crippen molar-refractivity contribution in [1.82, 2.24) is 0 Å². The van der Waals surface area contributed by atoms with Gasteiger partial charge < -0.3 is 9.84 Å². The number of alkyl halides is 4. The van der Waals surface area contributed by atoms with Crippen LogP contribution in [-0.4, -0.2) is 36.8 Å². The molecule has 6 heteroatoms. The third-order valence-corrected chi connectivity index (χ3v) is 1.29. The van der Waals surface area contributed by atoms with Gasteiger partial charge in [-0.2, -0.15) is 8.78 Å². The van der Waals surface area contributed by atoms with Crippen LogP contribution in [0, 0.1) is 0 Å². The minimum absolute atomic E-state index is 0.152. The van der Waals surface area contributed by atoms with Gasteiger partial charge in [-0.05, 0) is 13.3 Å². The number of aliphatic hydroxyl groups excluding tert-OH is 1. The number of hydrogen-bond donors (Lipinski definition) is 1. The summed E-state index contributed by atoms with van der Waals surface area (Å²) in [7, 11) is 0. The molecule has 0 aromatic carbocycles. The third-order valence-electron chi connectivity index (χ3n) is 1.29. The van der Waals surface area contributed by atoms with Gasteiger partial charge in [0.15, 0.2) is 0 Å². The number of rotatable bonds is 6. The minimum Gasteiger partial charge on any atom is -0.393 e. The molecule has 0 amide bonds. The summed E-state index contributed by atoms with van der Waals surface area (Å²) >= 11 is 0. The minimum atomic E-state index is -4.10. The topological polar surface area (TPSA) is 29.5 Å². The van der Waals surface area contributed by atoms with Gasteiger partial charge in [-0.25, -0.2) is 8.78 Å². The Bertz CT molecular complexity index is 138. The summed E-state index contributed by atoms with van der Waals surface area (Å²) in [4.78, 5) is 0. The SMILES string of the molecule is CC(O)CCOCC(F)(F)C(F)F. The molecule has 0 aromatic rings. The second kappa shape index (κ2) is 5.39. The number of ether oxygens (including phenoxy) is 1. The zero-order valence-electron chi connectivity index (χ0n) is 7.14. The van der Waals surface area contributed by atoms with Gasteiger partial charge in [-0.15, -0.1) is 0 Å². The highest BCUT2D eigenvalue weighted by molar-refractivity contribution is 4.67. The molecule has 1 atom stereocenters. The molecular formula is C7H12F4O2. The molecule has 0 aliphatic carbocycles. The monoisotopic (exact) mass is 204 g/mol. The van der Waals surface area contributed by atoms with E-state index in [-0.39, 0.29) is 13.0 Å². The lowest BCUT2D eigenvalue weighted by Crippen LogP contribution is -2.32. The van der Waals surface area contributed by atoms with E-state index in [0.29, 0.717) is 0 Å². The fraction of sp³-hybridized carbons (Fsp3) is 1.00. The molecule has 1 N–H and O–H groups in total. The Morgan fingerprint density at radius 3 is 2.31 bits per heavy atom. The quantitative estimate of drug-likeness (QED) is 0.526. The van der Waals surface area contributed by atoms with Crippen LogP contribution in [-0.2, 0) is 4.74 Å². The summed E-state index contributed by atoms with van der Waals surface area (Å²) in [5.41, 5.74) is 0. The molecule has 0 saturated carbocycles. The number of halogens is 4. The highest BCUT2D eigenvalue weighted by Gasteiger charge is 2.40. The van der Waals surface area contributed by atoms with Crippen molar-refractivity contribution in [2.45, 2.75) is 31.8 Å². The predicted molar refractivity (Wildman–Crippen MR) is 38.1 cm³/mol. The Balaban J connectivity index is 3.52. The second-order valence-electron chi connectivity index (χ2n) is 2.75. The van der Waals surface area contributed by atoms with Crippen molar-refractivity contribution >= 4 is 0 Å². The first-order valence-electron chi connectivity index (χ1n) is 3.78. The van der Waals surface area contributed by atoms with Crippen LogP contribution in [0.25, 0.3) is 0 Å². The van der Waals surface area contributed by atoms with Crippen molar-refractivity contribution in [1.29, 1.82) is 0 Å². The molecule has 0 heterocycles. The highest BCUT2D eigenvalue weighted by Crippen LogP contribution is 2.22. The van der Waals surface area contributed by atoms with Gasteiger partial charge in [0.2, 0.25) is 0 Å². The molecule has 0 saturated heterocycles. The number of aliphatic hydroxyl groups is 1. The fourth-order valence-electron chi connectivity index (χ4n) is 0.525. The summed E-state index contributed by atoms with van der Waals surface area (Å²) < 4.78 is 51.6. The van der Waals surface area contributed by atoms with Crippen LogP contribution in [0.5, 0.6) is 0 Å². The van der Waals surface area contributed by atoms with Crippen molar-refractivity contribution in [3.8, 4) is 0 Å². The van der Waals surface area contributed by atoms with E-state index in [1.54, 1.807) is 0 Å². The Morgan fingerprint density at radius 1 is 1.38 bits per heavy atom. The molecule has 0 aliphatic heterocycles. The van der Waals surface area contributed by atoms with Gasteiger partial charge in [0, 0.05) is 6.61 Å². The first kappa shape index (κ1) is 12.6. The maximum Gasteiger partial charge on any atom is 0.330 e. The van der Waals surface area contributed by atoms with Crippen LogP contribution in [0.2, 0.25) is 0 Å². The maximum atomic E-state index is 12.1. The lowest BCUT2D eigenvalue weighted by molar-refractivity contribution is -0.166. The van der Waals surface area contributed by atoms with E-state index in [9.17, 15) is 17.6 Å². The average molecular weight is 204 g/mol. The normalized spacial score (nSPS) is 15.0. The highest BCUT2D eigenvalue weighted by atomic mass is 19.3.